The van der Waals surface area contributed by atoms with Crippen molar-refractivity contribution in [2.75, 3.05) is 13.1 Å². The molecule has 6 nitrogen and oxygen atoms in total. The Morgan fingerprint density at radius 3 is 1.62 bits per heavy atom. The Hall–Kier alpha value is -1.46. The third-order valence-corrected chi connectivity index (χ3v) is 3.10. The molecule has 2 atom stereocenters. The molecule has 2 amide bonds. The van der Waals surface area contributed by atoms with E-state index in [1.165, 1.54) is 0 Å². The minimum atomic E-state index is -1.02. The lowest BCUT2D eigenvalue weighted by Crippen LogP contribution is -2.38. The van der Waals surface area contributed by atoms with Crippen molar-refractivity contribution in [1.82, 2.24) is 10.6 Å². The van der Waals surface area contributed by atoms with E-state index < -0.39 is 12.2 Å². The number of rotatable bonds is 4. The normalized spacial score (nSPS) is 24.8. The molecule has 92 valence electrons. The molecule has 1 rings (SSSR count). The van der Waals surface area contributed by atoms with Crippen LogP contribution >= 0.6 is 0 Å². The molecule has 0 aromatic carbocycles. The summed E-state index contributed by atoms with van der Waals surface area (Å²) in [5.74, 6) is 0.494. The maximum atomic E-state index is 10.4. The second-order valence-electron chi connectivity index (χ2n) is 4.18. The first-order chi connectivity index (χ1) is 7.59. The molecule has 1 saturated carbocycles. The standard InChI is InChI=1S/C10H18N2O4/c13-9(14)11-5-7-3-1-2-4-8(7)6-12-10(15)16/h7-8,11-12H,1-6H2,(H,13,14)(H,15,16). The molecule has 1 fully saturated rings. The average molecular weight is 230 g/mol. The summed E-state index contributed by atoms with van der Waals surface area (Å²) in [6.45, 7) is 0.836. The van der Waals surface area contributed by atoms with Gasteiger partial charge in [0.25, 0.3) is 0 Å². The zero-order valence-corrected chi connectivity index (χ0v) is 9.11. The van der Waals surface area contributed by atoms with Crippen LogP contribution in [-0.4, -0.2) is 35.5 Å². The van der Waals surface area contributed by atoms with Gasteiger partial charge in [0.15, 0.2) is 0 Å². The summed E-state index contributed by atoms with van der Waals surface area (Å²) in [6.07, 6.45) is 2.08. The van der Waals surface area contributed by atoms with Crippen molar-refractivity contribution in [3.8, 4) is 0 Å². The van der Waals surface area contributed by atoms with Gasteiger partial charge < -0.3 is 20.8 Å². The summed E-state index contributed by atoms with van der Waals surface area (Å²) in [5.41, 5.74) is 0. The van der Waals surface area contributed by atoms with E-state index >= 15 is 0 Å². The van der Waals surface area contributed by atoms with Gasteiger partial charge in [-0.3, -0.25) is 0 Å². The lowest BCUT2D eigenvalue weighted by Gasteiger charge is -2.31. The van der Waals surface area contributed by atoms with Crippen LogP contribution in [0.1, 0.15) is 25.7 Å². The minimum absolute atomic E-state index is 0.247. The van der Waals surface area contributed by atoms with Crippen LogP contribution in [0.5, 0.6) is 0 Å². The zero-order valence-electron chi connectivity index (χ0n) is 9.11. The van der Waals surface area contributed by atoms with Gasteiger partial charge in [-0.25, -0.2) is 9.59 Å². The van der Waals surface area contributed by atoms with E-state index in [1.807, 2.05) is 0 Å². The topological polar surface area (TPSA) is 98.7 Å². The second kappa shape index (κ2) is 6.19. The Morgan fingerprint density at radius 1 is 0.938 bits per heavy atom. The number of carbonyl (C=O) groups is 2. The van der Waals surface area contributed by atoms with Crippen molar-refractivity contribution in [2.45, 2.75) is 25.7 Å². The minimum Gasteiger partial charge on any atom is -0.465 e. The quantitative estimate of drug-likeness (QED) is 0.585. The first-order valence-corrected chi connectivity index (χ1v) is 5.53. The van der Waals surface area contributed by atoms with Crippen molar-refractivity contribution in [2.24, 2.45) is 11.8 Å². The lowest BCUT2D eigenvalue weighted by atomic mass is 9.79. The predicted molar refractivity (Wildman–Crippen MR) is 57.5 cm³/mol. The summed E-state index contributed by atoms with van der Waals surface area (Å²) in [6, 6.07) is 0. The maximum absolute atomic E-state index is 10.4. The highest BCUT2D eigenvalue weighted by molar-refractivity contribution is 5.64. The maximum Gasteiger partial charge on any atom is 0.404 e. The highest BCUT2D eigenvalue weighted by Gasteiger charge is 2.25. The number of nitrogens with one attached hydrogen (secondary N) is 2. The van der Waals surface area contributed by atoms with E-state index in [0.717, 1.165) is 25.7 Å². The monoisotopic (exact) mass is 230 g/mol. The first kappa shape index (κ1) is 12.6. The van der Waals surface area contributed by atoms with E-state index in [9.17, 15) is 9.59 Å². The van der Waals surface area contributed by atoms with Crippen LogP contribution in [0.4, 0.5) is 9.59 Å². The highest BCUT2D eigenvalue weighted by atomic mass is 16.4. The summed E-state index contributed by atoms with van der Waals surface area (Å²) in [4.78, 5) is 20.8. The fraction of sp³-hybridized carbons (Fsp3) is 0.800. The molecule has 0 spiro atoms. The van der Waals surface area contributed by atoms with E-state index in [4.69, 9.17) is 10.2 Å². The molecule has 4 N–H and O–H groups in total. The Kier molecular flexibility index (Phi) is 4.88. The van der Waals surface area contributed by atoms with Gasteiger partial charge in [0, 0.05) is 13.1 Å². The molecule has 0 aromatic heterocycles. The molecule has 6 heteroatoms. The van der Waals surface area contributed by atoms with Gasteiger partial charge >= 0.3 is 12.2 Å². The van der Waals surface area contributed by atoms with Crippen molar-refractivity contribution in [3.05, 3.63) is 0 Å². The first-order valence-electron chi connectivity index (χ1n) is 5.53. The second-order valence-corrected chi connectivity index (χ2v) is 4.18. The zero-order chi connectivity index (χ0) is 12.0. The average Bonchev–Trinajstić information content (AvgIpc) is 2.24. The van der Waals surface area contributed by atoms with Crippen LogP contribution in [0.25, 0.3) is 0 Å². The molecule has 0 aliphatic heterocycles. The molecule has 0 aromatic rings. The number of amides is 2. The number of carboxylic acid groups (broad SMARTS) is 2. The van der Waals surface area contributed by atoms with Crippen molar-refractivity contribution >= 4 is 12.2 Å². The van der Waals surface area contributed by atoms with Crippen LogP contribution in [0.15, 0.2) is 0 Å². The van der Waals surface area contributed by atoms with Gasteiger partial charge in [-0.2, -0.15) is 0 Å². The molecule has 16 heavy (non-hydrogen) atoms. The lowest BCUT2D eigenvalue weighted by molar-refractivity contribution is 0.172. The summed E-state index contributed by atoms with van der Waals surface area (Å²) < 4.78 is 0. The molecule has 0 bridgehead atoms. The largest absolute Gasteiger partial charge is 0.465 e. The Balaban J connectivity index is 2.37. The van der Waals surface area contributed by atoms with Crippen molar-refractivity contribution in [3.63, 3.8) is 0 Å². The fourth-order valence-electron chi connectivity index (χ4n) is 2.26. The van der Waals surface area contributed by atoms with Crippen LogP contribution in [0.3, 0.4) is 0 Å². The van der Waals surface area contributed by atoms with Gasteiger partial charge in [-0.15, -0.1) is 0 Å². The SMILES string of the molecule is O=C(O)NCC1CCCCC1CNC(=O)O. The summed E-state index contributed by atoms with van der Waals surface area (Å²) in [5, 5.41) is 21.8. The molecular formula is C10H18N2O4. The van der Waals surface area contributed by atoms with E-state index in [2.05, 4.69) is 10.6 Å². The molecule has 1 aliphatic rings. The fourth-order valence-corrected chi connectivity index (χ4v) is 2.26. The van der Waals surface area contributed by atoms with Crippen molar-refractivity contribution in [1.29, 1.82) is 0 Å². The Labute approximate surface area is 94.0 Å². The summed E-state index contributed by atoms with van der Waals surface area (Å²) in [7, 11) is 0. The van der Waals surface area contributed by atoms with Gasteiger partial charge in [-0.1, -0.05) is 12.8 Å². The third-order valence-electron chi connectivity index (χ3n) is 3.10. The van der Waals surface area contributed by atoms with Gasteiger partial charge in [0.2, 0.25) is 0 Å². The van der Waals surface area contributed by atoms with Gasteiger partial charge in [0.05, 0.1) is 0 Å². The molecule has 0 heterocycles. The molecular weight excluding hydrogens is 212 g/mol. The van der Waals surface area contributed by atoms with Crippen LogP contribution in [0, 0.1) is 11.8 Å². The number of hydrogen-bond acceptors (Lipinski definition) is 2. The smallest absolute Gasteiger partial charge is 0.404 e. The Morgan fingerprint density at radius 2 is 1.31 bits per heavy atom. The van der Waals surface area contributed by atoms with E-state index in [0.29, 0.717) is 13.1 Å². The van der Waals surface area contributed by atoms with E-state index in [-0.39, 0.29) is 11.8 Å². The van der Waals surface area contributed by atoms with E-state index in [1.54, 1.807) is 0 Å². The van der Waals surface area contributed by atoms with Crippen LogP contribution < -0.4 is 10.6 Å². The number of hydrogen-bond donors (Lipinski definition) is 4. The van der Waals surface area contributed by atoms with Gasteiger partial charge in [0.1, 0.15) is 0 Å². The molecule has 0 radical (unpaired) electrons. The molecule has 1 aliphatic carbocycles. The van der Waals surface area contributed by atoms with Gasteiger partial charge in [-0.05, 0) is 24.7 Å². The molecule has 0 saturated heterocycles. The summed E-state index contributed by atoms with van der Waals surface area (Å²) >= 11 is 0. The third kappa shape index (κ3) is 4.37. The van der Waals surface area contributed by atoms with Crippen LogP contribution in [-0.2, 0) is 0 Å². The van der Waals surface area contributed by atoms with Crippen molar-refractivity contribution < 1.29 is 19.8 Å². The highest BCUT2D eigenvalue weighted by Crippen LogP contribution is 2.29. The van der Waals surface area contributed by atoms with Crippen LogP contribution in [0.2, 0.25) is 0 Å². The molecule has 2 unspecified atom stereocenters. The predicted octanol–water partition coefficient (Wildman–Crippen LogP) is 1.33. The Bertz CT molecular complexity index is 231.